The molecule has 1 aliphatic rings. The number of nitrogens with zero attached hydrogens (tertiary/aromatic N) is 3. The number of aromatic nitrogens is 2. The maximum Gasteiger partial charge on any atom is 0.243 e. The fraction of sp³-hybridized carbons (Fsp3) is 0.375. The lowest BCUT2D eigenvalue weighted by Gasteiger charge is -2.31. The Morgan fingerprint density at radius 1 is 1.18 bits per heavy atom. The van der Waals surface area contributed by atoms with Crippen molar-refractivity contribution in [2.45, 2.75) is 45.1 Å². The average Bonchev–Trinajstić information content (AvgIpc) is 3.24. The molecule has 174 valence electrons. The Kier molecular flexibility index (Phi) is 6.62. The van der Waals surface area contributed by atoms with Crippen molar-refractivity contribution in [3.8, 4) is 11.4 Å². The molecule has 2 aromatic carbocycles. The van der Waals surface area contributed by atoms with Crippen LogP contribution in [0.1, 0.15) is 35.4 Å². The minimum atomic E-state index is -3.79. The van der Waals surface area contributed by atoms with E-state index in [1.54, 1.807) is 32.0 Å². The SMILES string of the molecule is Cc1cccc(CNC(=O)C2CCCN(S(=O)(=O)c3cc(-c4noc(C)n4)ccc3C)C2)c1. The molecule has 9 heteroatoms. The van der Waals surface area contributed by atoms with Gasteiger partial charge in [0.2, 0.25) is 27.6 Å². The van der Waals surface area contributed by atoms with Crippen LogP contribution in [0.4, 0.5) is 0 Å². The number of amides is 1. The predicted molar refractivity (Wildman–Crippen MR) is 124 cm³/mol. The van der Waals surface area contributed by atoms with Gasteiger partial charge in [0, 0.05) is 32.1 Å². The quantitative estimate of drug-likeness (QED) is 0.595. The number of carbonyl (C=O) groups is 1. The Morgan fingerprint density at radius 2 is 2.00 bits per heavy atom. The molecule has 0 bridgehead atoms. The van der Waals surface area contributed by atoms with Crippen molar-refractivity contribution >= 4 is 15.9 Å². The number of carbonyl (C=O) groups excluding carboxylic acids is 1. The van der Waals surface area contributed by atoms with Crippen LogP contribution in [0.15, 0.2) is 51.9 Å². The molecule has 2 heterocycles. The van der Waals surface area contributed by atoms with E-state index in [1.165, 1.54) is 4.31 Å². The van der Waals surface area contributed by atoms with Gasteiger partial charge in [0.25, 0.3) is 0 Å². The summed E-state index contributed by atoms with van der Waals surface area (Å²) in [6.45, 7) is 6.41. The van der Waals surface area contributed by atoms with Gasteiger partial charge in [-0.1, -0.05) is 47.1 Å². The van der Waals surface area contributed by atoms with Gasteiger partial charge in [-0.25, -0.2) is 8.42 Å². The standard InChI is InChI=1S/C24H28N4O4S/c1-16-6-4-7-19(12-16)14-25-24(29)21-8-5-11-28(15-21)33(30,31)22-13-20(10-9-17(22)2)23-26-18(3)32-27-23/h4,6-7,9-10,12-13,21H,5,8,11,14-15H2,1-3H3,(H,25,29). The first-order chi connectivity index (χ1) is 15.7. The van der Waals surface area contributed by atoms with Crippen molar-refractivity contribution in [1.29, 1.82) is 0 Å². The van der Waals surface area contributed by atoms with Crippen LogP contribution in [0.25, 0.3) is 11.4 Å². The summed E-state index contributed by atoms with van der Waals surface area (Å²) >= 11 is 0. The molecule has 4 rings (SSSR count). The van der Waals surface area contributed by atoms with Gasteiger partial charge in [-0.3, -0.25) is 4.79 Å². The van der Waals surface area contributed by atoms with E-state index in [1.807, 2.05) is 31.2 Å². The third-order valence-electron chi connectivity index (χ3n) is 5.90. The van der Waals surface area contributed by atoms with E-state index in [2.05, 4.69) is 15.5 Å². The van der Waals surface area contributed by atoms with Gasteiger partial charge in [0.1, 0.15) is 0 Å². The average molecular weight is 469 g/mol. The van der Waals surface area contributed by atoms with Crippen LogP contribution < -0.4 is 5.32 Å². The fourth-order valence-corrected chi connectivity index (χ4v) is 5.88. The lowest BCUT2D eigenvalue weighted by Crippen LogP contribution is -2.45. The van der Waals surface area contributed by atoms with E-state index in [0.717, 1.165) is 11.1 Å². The third-order valence-corrected chi connectivity index (χ3v) is 7.90. The second kappa shape index (κ2) is 9.44. The number of hydrogen-bond donors (Lipinski definition) is 1. The molecule has 1 aromatic heterocycles. The molecule has 1 aliphatic heterocycles. The third kappa shape index (κ3) is 5.15. The Labute approximate surface area is 194 Å². The number of sulfonamides is 1. The molecule has 0 radical (unpaired) electrons. The number of aryl methyl sites for hydroxylation is 3. The second-order valence-corrected chi connectivity index (χ2v) is 10.4. The largest absolute Gasteiger partial charge is 0.352 e. The summed E-state index contributed by atoms with van der Waals surface area (Å²) in [7, 11) is -3.79. The van der Waals surface area contributed by atoms with Gasteiger partial charge in [0.15, 0.2) is 0 Å². The highest BCUT2D eigenvalue weighted by atomic mass is 32.2. The second-order valence-electron chi connectivity index (χ2n) is 8.53. The lowest BCUT2D eigenvalue weighted by atomic mass is 9.98. The van der Waals surface area contributed by atoms with Crippen molar-refractivity contribution in [3.05, 3.63) is 65.0 Å². The van der Waals surface area contributed by atoms with Gasteiger partial charge >= 0.3 is 0 Å². The predicted octanol–water partition coefficient (Wildman–Crippen LogP) is 3.38. The maximum atomic E-state index is 13.5. The first-order valence-electron chi connectivity index (χ1n) is 11.0. The Bertz CT molecular complexity index is 1270. The zero-order valence-corrected chi connectivity index (χ0v) is 19.9. The summed E-state index contributed by atoms with van der Waals surface area (Å²) in [6, 6.07) is 13.0. The van der Waals surface area contributed by atoms with E-state index in [4.69, 9.17) is 4.52 Å². The molecular weight excluding hydrogens is 440 g/mol. The summed E-state index contributed by atoms with van der Waals surface area (Å²) in [6.07, 6.45) is 1.29. The van der Waals surface area contributed by atoms with E-state index in [0.29, 0.717) is 48.8 Å². The zero-order valence-electron chi connectivity index (χ0n) is 19.0. The smallest absolute Gasteiger partial charge is 0.243 e. The van der Waals surface area contributed by atoms with Gasteiger partial charge in [-0.05, 0) is 43.9 Å². The molecule has 1 amide bonds. The molecule has 1 N–H and O–H groups in total. The van der Waals surface area contributed by atoms with Crippen LogP contribution in [0.3, 0.4) is 0 Å². The van der Waals surface area contributed by atoms with E-state index >= 15 is 0 Å². The molecule has 0 aliphatic carbocycles. The number of hydrogen-bond acceptors (Lipinski definition) is 6. The van der Waals surface area contributed by atoms with E-state index in [9.17, 15) is 13.2 Å². The number of piperidine rings is 1. The number of rotatable bonds is 6. The van der Waals surface area contributed by atoms with Crippen LogP contribution in [0.5, 0.6) is 0 Å². The van der Waals surface area contributed by atoms with Crippen LogP contribution in [0.2, 0.25) is 0 Å². The molecule has 0 saturated carbocycles. The first-order valence-corrected chi connectivity index (χ1v) is 12.4. The van der Waals surface area contributed by atoms with Crippen molar-refractivity contribution in [3.63, 3.8) is 0 Å². The van der Waals surface area contributed by atoms with Crippen LogP contribution in [-0.2, 0) is 21.4 Å². The van der Waals surface area contributed by atoms with Gasteiger partial charge in [-0.15, -0.1) is 0 Å². The molecule has 1 atom stereocenters. The van der Waals surface area contributed by atoms with Crippen LogP contribution in [0, 0.1) is 26.7 Å². The summed E-state index contributed by atoms with van der Waals surface area (Å²) in [5, 5.41) is 6.85. The highest BCUT2D eigenvalue weighted by molar-refractivity contribution is 7.89. The van der Waals surface area contributed by atoms with E-state index in [-0.39, 0.29) is 23.3 Å². The molecule has 8 nitrogen and oxygen atoms in total. The Morgan fingerprint density at radius 3 is 2.73 bits per heavy atom. The maximum absolute atomic E-state index is 13.5. The molecular formula is C24H28N4O4S. The number of nitrogens with one attached hydrogen (secondary N) is 1. The molecule has 0 spiro atoms. The summed E-state index contributed by atoms with van der Waals surface area (Å²) in [5.41, 5.74) is 3.35. The Hall–Kier alpha value is -3.04. The molecule has 33 heavy (non-hydrogen) atoms. The van der Waals surface area contributed by atoms with Gasteiger partial charge in [0.05, 0.1) is 10.8 Å². The molecule has 3 aromatic rings. The van der Waals surface area contributed by atoms with E-state index < -0.39 is 10.0 Å². The van der Waals surface area contributed by atoms with Crippen molar-refractivity contribution in [2.75, 3.05) is 13.1 Å². The van der Waals surface area contributed by atoms with Crippen LogP contribution >= 0.6 is 0 Å². The zero-order chi connectivity index (χ0) is 23.6. The fourth-order valence-electron chi connectivity index (χ4n) is 4.10. The normalized spacial score (nSPS) is 17.1. The molecule has 1 saturated heterocycles. The highest BCUT2D eigenvalue weighted by Gasteiger charge is 2.34. The lowest BCUT2D eigenvalue weighted by molar-refractivity contribution is -0.126. The van der Waals surface area contributed by atoms with Crippen molar-refractivity contribution in [1.82, 2.24) is 19.8 Å². The first kappa shape index (κ1) is 23.1. The van der Waals surface area contributed by atoms with Gasteiger partial charge in [-0.2, -0.15) is 9.29 Å². The Balaban J connectivity index is 1.49. The van der Waals surface area contributed by atoms with Gasteiger partial charge < -0.3 is 9.84 Å². The van der Waals surface area contributed by atoms with Crippen LogP contribution in [-0.4, -0.2) is 41.9 Å². The minimum Gasteiger partial charge on any atom is -0.352 e. The van der Waals surface area contributed by atoms with Crippen molar-refractivity contribution < 1.29 is 17.7 Å². The summed E-state index contributed by atoms with van der Waals surface area (Å²) in [4.78, 5) is 17.2. The highest BCUT2D eigenvalue weighted by Crippen LogP contribution is 2.29. The topological polar surface area (TPSA) is 105 Å². The molecule has 1 fully saturated rings. The van der Waals surface area contributed by atoms with Crippen molar-refractivity contribution in [2.24, 2.45) is 5.92 Å². The summed E-state index contributed by atoms with van der Waals surface area (Å²) < 4.78 is 33.5. The molecule has 1 unspecified atom stereocenters. The minimum absolute atomic E-state index is 0.121. The summed E-state index contributed by atoms with van der Waals surface area (Å²) in [5.74, 6) is 0.243. The number of benzene rings is 2. The monoisotopic (exact) mass is 468 g/mol.